The summed E-state index contributed by atoms with van der Waals surface area (Å²) < 4.78 is 5.92. The highest BCUT2D eigenvalue weighted by Crippen LogP contribution is 2.18. The van der Waals surface area contributed by atoms with Crippen molar-refractivity contribution in [1.29, 1.82) is 0 Å². The lowest BCUT2D eigenvalue weighted by Gasteiger charge is -2.24. The number of allylic oxidation sites excluding steroid dienone is 6. The minimum Gasteiger partial charge on any atom is -0.462 e. The molecular formula is C55H103NO5. The normalized spacial score (nSPS) is 13.5. The molecule has 0 aliphatic heterocycles. The summed E-state index contributed by atoms with van der Waals surface area (Å²) >= 11 is 0. The fourth-order valence-electron chi connectivity index (χ4n) is 8.09. The van der Waals surface area contributed by atoms with Gasteiger partial charge in [-0.3, -0.25) is 9.59 Å². The van der Waals surface area contributed by atoms with Crippen LogP contribution in [0, 0.1) is 0 Å². The zero-order valence-electron chi connectivity index (χ0n) is 40.8. The van der Waals surface area contributed by atoms with Gasteiger partial charge >= 0.3 is 5.97 Å². The van der Waals surface area contributed by atoms with Gasteiger partial charge < -0.3 is 20.3 Å². The summed E-state index contributed by atoms with van der Waals surface area (Å²) in [6.45, 7) is 6.42. The lowest BCUT2D eigenvalue weighted by Crippen LogP contribution is -2.46. The highest BCUT2D eigenvalue weighted by Gasteiger charge is 2.24. The van der Waals surface area contributed by atoms with Gasteiger partial charge in [-0.05, 0) is 77.0 Å². The summed E-state index contributed by atoms with van der Waals surface area (Å²) in [4.78, 5) is 26.1. The molecule has 0 aliphatic carbocycles. The molecule has 0 spiro atoms. The van der Waals surface area contributed by atoms with Gasteiger partial charge in [0.15, 0.2) is 0 Å². The van der Waals surface area contributed by atoms with Crippen LogP contribution in [-0.2, 0) is 14.3 Å². The van der Waals surface area contributed by atoms with Crippen LogP contribution in [0.2, 0.25) is 0 Å². The Morgan fingerprint density at radius 1 is 0.475 bits per heavy atom. The van der Waals surface area contributed by atoms with Gasteiger partial charge in [-0.25, -0.2) is 0 Å². The summed E-state index contributed by atoms with van der Waals surface area (Å²) in [6.07, 6.45) is 57.8. The second-order valence-electron chi connectivity index (χ2n) is 18.3. The van der Waals surface area contributed by atoms with Crippen LogP contribution in [0.1, 0.15) is 278 Å². The van der Waals surface area contributed by atoms with Crippen LogP contribution >= 0.6 is 0 Å². The van der Waals surface area contributed by atoms with Crippen LogP contribution in [0.4, 0.5) is 0 Å². The lowest BCUT2D eigenvalue weighted by atomic mass is 10.0. The average Bonchev–Trinajstić information content (AvgIpc) is 3.25. The largest absolute Gasteiger partial charge is 0.462 e. The standard InChI is InChI=1S/C55H103NO5/c1-4-7-10-13-16-19-21-23-25-26-27-28-29-31-33-36-39-42-45-48-55(60)61-51(46-43-40-37-34-18-15-12-9-6-3)49-54(59)56-52(50-57)53(58)47-44-41-38-35-32-30-24-22-20-17-14-11-8-5-2/h15-16,18-19,23,25,51-53,57-58H,4-14,17,20-22,24,26-50H2,1-3H3,(H,56,59)/b18-15-,19-16-,25-23-. The quantitative estimate of drug-likeness (QED) is 0.0322. The van der Waals surface area contributed by atoms with Gasteiger partial charge in [-0.2, -0.15) is 0 Å². The first-order valence-electron chi connectivity index (χ1n) is 26.7. The molecule has 6 nitrogen and oxygen atoms in total. The van der Waals surface area contributed by atoms with Gasteiger partial charge in [-0.1, -0.05) is 224 Å². The molecule has 0 fully saturated rings. The van der Waals surface area contributed by atoms with Crippen LogP contribution in [0.25, 0.3) is 0 Å². The minimum atomic E-state index is -0.789. The molecule has 1 amide bonds. The molecule has 61 heavy (non-hydrogen) atoms. The van der Waals surface area contributed by atoms with Crippen molar-refractivity contribution < 1.29 is 24.5 Å². The summed E-state index contributed by atoms with van der Waals surface area (Å²) in [6, 6.07) is -0.704. The molecule has 3 atom stereocenters. The summed E-state index contributed by atoms with van der Waals surface area (Å²) in [5, 5.41) is 23.8. The second-order valence-corrected chi connectivity index (χ2v) is 18.3. The number of aliphatic hydroxyl groups excluding tert-OH is 2. The number of rotatable bonds is 48. The Labute approximate surface area is 379 Å². The predicted octanol–water partition coefficient (Wildman–Crippen LogP) is 16.1. The fraction of sp³-hybridized carbons (Fsp3) is 0.855. The third-order valence-electron chi connectivity index (χ3n) is 12.2. The molecule has 0 aromatic heterocycles. The van der Waals surface area contributed by atoms with Crippen molar-refractivity contribution in [3.8, 4) is 0 Å². The number of carbonyl (C=O) groups is 2. The number of hydrogen-bond acceptors (Lipinski definition) is 5. The third-order valence-corrected chi connectivity index (χ3v) is 12.2. The van der Waals surface area contributed by atoms with E-state index in [2.05, 4.69) is 62.5 Å². The number of nitrogens with one attached hydrogen (secondary N) is 1. The van der Waals surface area contributed by atoms with Crippen LogP contribution in [0.15, 0.2) is 36.5 Å². The maximum absolute atomic E-state index is 13.2. The molecule has 3 unspecified atom stereocenters. The van der Waals surface area contributed by atoms with E-state index in [1.807, 2.05) is 0 Å². The SMILES string of the molecule is CCCC/C=C\CCCCCC(CC(=O)NC(CO)C(O)CCCCCCCCCCCCCCCC)OC(=O)CCCCCCCCCCC/C=C\C/C=C\CCCCC. The number of carbonyl (C=O) groups excluding carboxylic acids is 2. The summed E-state index contributed by atoms with van der Waals surface area (Å²) in [7, 11) is 0. The Morgan fingerprint density at radius 2 is 0.852 bits per heavy atom. The lowest BCUT2D eigenvalue weighted by molar-refractivity contribution is -0.151. The Kier molecular flexibility index (Phi) is 47.6. The fourth-order valence-corrected chi connectivity index (χ4v) is 8.09. The molecule has 3 N–H and O–H groups in total. The highest BCUT2D eigenvalue weighted by atomic mass is 16.5. The molecule has 6 heteroatoms. The molecular weight excluding hydrogens is 755 g/mol. The van der Waals surface area contributed by atoms with Crippen molar-refractivity contribution in [2.75, 3.05) is 6.61 Å². The molecule has 0 saturated carbocycles. The average molecular weight is 858 g/mol. The Hall–Kier alpha value is -1.92. The van der Waals surface area contributed by atoms with Gasteiger partial charge in [0.2, 0.25) is 5.91 Å². The first-order valence-corrected chi connectivity index (χ1v) is 26.7. The smallest absolute Gasteiger partial charge is 0.306 e. The Balaban J connectivity index is 4.41. The predicted molar refractivity (Wildman–Crippen MR) is 264 cm³/mol. The maximum Gasteiger partial charge on any atom is 0.306 e. The van der Waals surface area contributed by atoms with Gasteiger partial charge in [0, 0.05) is 6.42 Å². The van der Waals surface area contributed by atoms with Gasteiger partial charge in [0.05, 0.1) is 25.2 Å². The molecule has 0 aliphatic rings. The molecule has 0 heterocycles. The van der Waals surface area contributed by atoms with E-state index in [0.29, 0.717) is 19.3 Å². The van der Waals surface area contributed by atoms with Crippen molar-refractivity contribution in [1.82, 2.24) is 5.32 Å². The van der Waals surface area contributed by atoms with Crippen LogP contribution in [0.5, 0.6) is 0 Å². The Bertz CT molecular complexity index is 1010. The van der Waals surface area contributed by atoms with Gasteiger partial charge in [0.25, 0.3) is 0 Å². The zero-order chi connectivity index (χ0) is 44.5. The van der Waals surface area contributed by atoms with Gasteiger partial charge in [0.1, 0.15) is 6.10 Å². The zero-order valence-corrected chi connectivity index (χ0v) is 40.8. The number of unbranched alkanes of at least 4 members (excludes halogenated alkanes) is 30. The van der Waals surface area contributed by atoms with E-state index >= 15 is 0 Å². The van der Waals surface area contributed by atoms with E-state index < -0.39 is 18.2 Å². The minimum absolute atomic E-state index is 0.0670. The van der Waals surface area contributed by atoms with E-state index in [1.54, 1.807) is 0 Å². The second kappa shape index (κ2) is 49.1. The van der Waals surface area contributed by atoms with E-state index in [0.717, 1.165) is 70.6 Å². The number of esters is 1. The van der Waals surface area contributed by atoms with Gasteiger partial charge in [-0.15, -0.1) is 0 Å². The summed E-state index contributed by atoms with van der Waals surface area (Å²) in [5.74, 6) is -0.488. The number of aliphatic hydroxyl groups is 2. The maximum atomic E-state index is 13.2. The third kappa shape index (κ3) is 44.5. The molecule has 0 radical (unpaired) electrons. The van der Waals surface area contributed by atoms with Crippen molar-refractivity contribution >= 4 is 11.9 Å². The Morgan fingerprint density at radius 3 is 1.36 bits per heavy atom. The van der Waals surface area contributed by atoms with Crippen LogP contribution in [-0.4, -0.2) is 46.9 Å². The van der Waals surface area contributed by atoms with Crippen LogP contribution in [0.3, 0.4) is 0 Å². The molecule has 358 valence electrons. The van der Waals surface area contributed by atoms with E-state index in [9.17, 15) is 19.8 Å². The number of hydrogen-bond donors (Lipinski definition) is 3. The van der Waals surface area contributed by atoms with Crippen LogP contribution < -0.4 is 5.32 Å². The monoisotopic (exact) mass is 858 g/mol. The number of amides is 1. The van der Waals surface area contributed by atoms with Crippen molar-refractivity contribution in [3.63, 3.8) is 0 Å². The van der Waals surface area contributed by atoms with Crippen molar-refractivity contribution in [2.45, 2.75) is 296 Å². The molecule has 0 rings (SSSR count). The highest BCUT2D eigenvalue weighted by molar-refractivity contribution is 5.77. The number of ether oxygens (including phenoxy) is 1. The first kappa shape index (κ1) is 59.1. The molecule has 0 bridgehead atoms. The molecule has 0 aromatic carbocycles. The van der Waals surface area contributed by atoms with E-state index in [-0.39, 0.29) is 24.9 Å². The van der Waals surface area contributed by atoms with E-state index in [4.69, 9.17) is 4.74 Å². The van der Waals surface area contributed by atoms with E-state index in [1.165, 1.54) is 161 Å². The topological polar surface area (TPSA) is 95.9 Å². The first-order chi connectivity index (χ1) is 30.0. The van der Waals surface area contributed by atoms with Crippen molar-refractivity contribution in [3.05, 3.63) is 36.5 Å². The van der Waals surface area contributed by atoms with Crippen molar-refractivity contribution in [2.24, 2.45) is 0 Å². The molecule has 0 aromatic rings. The summed E-state index contributed by atoms with van der Waals surface area (Å²) in [5.41, 5.74) is 0. The molecule has 0 saturated heterocycles.